The van der Waals surface area contributed by atoms with Crippen molar-refractivity contribution in [2.75, 3.05) is 0 Å². The van der Waals surface area contributed by atoms with E-state index in [4.69, 9.17) is 14.3 Å². The molecule has 0 aliphatic rings. The Morgan fingerprint density at radius 2 is 1.77 bits per heavy atom. The monoisotopic (exact) mass is 181 g/mol. The molecule has 1 aromatic heterocycles. The van der Waals surface area contributed by atoms with Crippen LogP contribution in [0.15, 0.2) is 24.5 Å². The van der Waals surface area contributed by atoms with E-state index in [9.17, 15) is 0 Å². The number of nitrogens with zero attached hydrogens (tertiary/aromatic N) is 1. The zero-order chi connectivity index (χ0) is 10.1. The Balaban J connectivity index is 0.000000424. The number of ether oxygens (including phenoxy) is 1. The molecule has 1 heterocycles. The lowest BCUT2D eigenvalue weighted by Crippen LogP contribution is -2.04. The van der Waals surface area contributed by atoms with Gasteiger partial charge < -0.3 is 4.74 Å². The summed E-state index contributed by atoms with van der Waals surface area (Å²) in [5.74, 6) is 0.880. The normalized spacial score (nSPS) is 8.23. The molecule has 1 aromatic rings. The van der Waals surface area contributed by atoms with Crippen molar-refractivity contribution >= 4 is 6.15 Å². The van der Waals surface area contributed by atoms with Gasteiger partial charge in [-0.2, -0.15) is 9.59 Å². The number of aromatic nitrogens is 1. The Kier molecular flexibility index (Phi) is 6.11. The van der Waals surface area contributed by atoms with E-state index in [1.54, 1.807) is 12.4 Å². The highest BCUT2D eigenvalue weighted by atomic mass is 16.5. The molecule has 0 aliphatic heterocycles. The van der Waals surface area contributed by atoms with E-state index >= 15 is 0 Å². The van der Waals surface area contributed by atoms with Crippen LogP contribution in [0.3, 0.4) is 0 Å². The molecule has 0 saturated carbocycles. The Morgan fingerprint density at radius 3 is 2.15 bits per heavy atom. The van der Waals surface area contributed by atoms with Gasteiger partial charge in [0.05, 0.1) is 6.10 Å². The van der Waals surface area contributed by atoms with Crippen LogP contribution in [0.1, 0.15) is 13.8 Å². The Labute approximate surface area is 76.6 Å². The molecule has 1 rings (SSSR count). The van der Waals surface area contributed by atoms with Gasteiger partial charge in [0.2, 0.25) is 0 Å². The first-order chi connectivity index (χ1) is 6.20. The maximum atomic E-state index is 8.12. The predicted molar refractivity (Wildman–Crippen MR) is 45.0 cm³/mol. The zero-order valence-electron chi connectivity index (χ0n) is 7.56. The van der Waals surface area contributed by atoms with Crippen LogP contribution in [0.2, 0.25) is 0 Å². The molecule has 0 N–H and O–H groups in total. The fourth-order valence-corrected chi connectivity index (χ4v) is 0.689. The molecular weight excluding hydrogens is 170 g/mol. The second kappa shape index (κ2) is 7.00. The lowest BCUT2D eigenvalue weighted by molar-refractivity contribution is -0.191. The summed E-state index contributed by atoms with van der Waals surface area (Å²) in [7, 11) is 0. The first-order valence-corrected chi connectivity index (χ1v) is 3.76. The third-order valence-electron chi connectivity index (χ3n) is 1.02. The SMILES string of the molecule is CC(C)Oc1ccncc1.O=C=O. The molecule has 0 radical (unpaired) electrons. The first kappa shape index (κ1) is 11.3. The van der Waals surface area contributed by atoms with Crippen molar-refractivity contribution in [3.63, 3.8) is 0 Å². The van der Waals surface area contributed by atoms with Crippen molar-refractivity contribution in [2.45, 2.75) is 20.0 Å². The predicted octanol–water partition coefficient (Wildman–Crippen LogP) is 1.29. The Hall–Kier alpha value is -1.67. The summed E-state index contributed by atoms with van der Waals surface area (Å²) in [6.45, 7) is 4.00. The van der Waals surface area contributed by atoms with E-state index in [1.807, 2.05) is 26.0 Å². The minimum atomic E-state index is 0.238. The standard InChI is InChI=1S/C8H11NO.CO2/c1-7(2)10-8-3-5-9-6-4-8;2-1-3/h3-7H,1-2H3;. The average Bonchev–Trinajstić information content (AvgIpc) is 2.06. The number of carbonyl (C=O) groups excluding carboxylic acids is 2. The summed E-state index contributed by atoms with van der Waals surface area (Å²) in [6, 6.07) is 3.69. The van der Waals surface area contributed by atoms with Gasteiger partial charge in [0.1, 0.15) is 5.75 Å². The second-order valence-corrected chi connectivity index (χ2v) is 2.43. The van der Waals surface area contributed by atoms with Gasteiger partial charge >= 0.3 is 6.15 Å². The molecule has 4 heteroatoms. The van der Waals surface area contributed by atoms with Crippen molar-refractivity contribution in [3.05, 3.63) is 24.5 Å². The lowest BCUT2D eigenvalue weighted by atomic mass is 10.4. The summed E-state index contributed by atoms with van der Waals surface area (Å²) in [5.41, 5.74) is 0. The summed E-state index contributed by atoms with van der Waals surface area (Å²) in [6.07, 6.45) is 3.93. The van der Waals surface area contributed by atoms with Gasteiger partial charge in [-0.25, -0.2) is 0 Å². The van der Waals surface area contributed by atoms with E-state index < -0.39 is 0 Å². The third kappa shape index (κ3) is 6.72. The average molecular weight is 181 g/mol. The molecule has 0 atom stereocenters. The van der Waals surface area contributed by atoms with Crippen molar-refractivity contribution < 1.29 is 14.3 Å². The van der Waals surface area contributed by atoms with Crippen LogP contribution >= 0.6 is 0 Å². The van der Waals surface area contributed by atoms with E-state index in [-0.39, 0.29) is 12.3 Å². The molecule has 0 amide bonds. The quantitative estimate of drug-likeness (QED) is 0.689. The fraction of sp³-hybridized carbons (Fsp3) is 0.333. The summed E-state index contributed by atoms with van der Waals surface area (Å²) >= 11 is 0. The van der Waals surface area contributed by atoms with Gasteiger partial charge in [0, 0.05) is 12.4 Å². The van der Waals surface area contributed by atoms with E-state index in [0.717, 1.165) is 5.75 Å². The molecule has 13 heavy (non-hydrogen) atoms. The van der Waals surface area contributed by atoms with Crippen molar-refractivity contribution in [2.24, 2.45) is 0 Å². The number of rotatable bonds is 2. The van der Waals surface area contributed by atoms with Crippen molar-refractivity contribution in [3.8, 4) is 5.75 Å². The van der Waals surface area contributed by atoms with Gasteiger partial charge in [-0.1, -0.05) is 0 Å². The van der Waals surface area contributed by atoms with E-state index in [1.165, 1.54) is 0 Å². The minimum Gasteiger partial charge on any atom is -0.491 e. The van der Waals surface area contributed by atoms with Crippen LogP contribution in [0, 0.1) is 0 Å². The number of hydrogen-bond donors (Lipinski definition) is 0. The molecular formula is C9H11NO3. The molecule has 0 aromatic carbocycles. The van der Waals surface area contributed by atoms with Gasteiger partial charge in [-0.15, -0.1) is 0 Å². The van der Waals surface area contributed by atoms with Crippen LogP contribution < -0.4 is 4.74 Å². The topological polar surface area (TPSA) is 56.3 Å². The fourth-order valence-electron chi connectivity index (χ4n) is 0.689. The number of pyridine rings is 1. The molecule has 0 saturated heterocycles. The van der Waals surface area contributed by atoms with Crippen LogP contribution in [-0.4, -0.2) is 17.2 Å². The van der Waals surface area contributed by atoms with Crippen LogP contribution in [0.25, 0.3) is 0 Å². The highest BCUT2D eigenvalue weighted by Gasteiger charge is 1.93. The minimum absolute atomic E-state index is 0.238. The van der Waals surface area contributed by atoms with Crippen LogP contribution in [-0.2, 0) is 9.59 Å². The van der Waals surface area contributed by atoms with Gasteiger partial charge in [-0.3, -0.25) is 4.98 Å². The molecule has 0 spiro atoms. The maximum Gasteiger partial charge on any atom is 0.373 e. The molecule has 0 unspecified atom stereocenters. The highest BCUT2D eigenvalue weighted by molar-refractivity contribution is 5.20. The smallest absolute Gasteiger partial charge is 0.373 e. The van der Waals surface area contributed by atoms with E-state index in [2.05, 4.69) is 4.98 Å². The van der Waals surface area contributed by atoms with Crippen molar-refractivity contribution in [1.29, 1.82) is 0 Å². The first-order valence-electron chi connectivity index (χ1n) is 3.76. The molecule has 70 valence electrons. The summed E-state index contributed by atoms with van der Waals surface area (Å²) in [5, 5.41) is 0. The Morgan fingerprint density at radius 1 is 1.31 bits per heavy atom. The molecule has 0 aliphatic carbocycles. The Bertz CT molecular complexity index is 253. The summed E-state index contributed by atoms with van der Waals surface area (Å²) < 4.78 is 5.37. The molecule has 0 fully saturated rings. The largest absolute Gasteiger partial charge is 0.491 e. The molecule has 4 nitrogen and oxygen atoms in total. The lowest BCUT2D eigenvalue weighted by Gasteiger charge is -2.07. The van der Waals surface area contributed by atoms with Crippen LogP contribution in [0.5, 0.6) is 5.75 Å². The second-order valence-electron chi connectivity index (χ2n) is 2.43. The maximum absolute atomic E-state index is 8.12. The van der Waals surface area contributed by atoms with Gasteiger partial charge in [-0.05, 0) is 26.0 Å². The van der Waals surface area contributed by atoms with Crippen molar-refractivity contribution in [1.82, 2.24) is 4.98 Å². The number of hydrogen-bond acceptors (Lipinski definition) is 4. The molecule has 0 bridgehead atoms. The van der Waals surface area contributed by atoms with Gasteiger partial charge in [0.15, 0.2) is 0 Å². The van der Waals surface area contributed by atoms with Crippen LogP contribution in [0.4, 0.5) is 0 Å². The zero-order valence-corrected chi connectivity index (χ0v) is 7.56. The van der Waals surface area contributed by atoms with Gasteiger partial charge in [0.25, 0.3) is 0 Å². The van der Waals surface area contributed by atoms with E-state index in [0.29, 0.717) is 0 Å². The summed E-state index contributed by atoms with van der Waals surface area (Å²) in [4.78, 5) is 20.1. The highest BCUT2D eigenvalue weighted by Crippen LogP contribution is 2.08. The third-order valence-corrected chi connectivity index (χ3v) is 1.02.